The lowest BCUT2D eigenvalue weighted by atomic mass is 10.1. The number of ether oxygens (including phenoxy) is 3. The molecule has 236 valence electrons. The average molecular weight is 617 g/mol. The SMILES string of the molecule is CN=C(N)/N=C(\N)Nc1ccc(SNCCOC/C(N)=C/N(N)CCOCCOCCNc2cccc(C=O)c2C)cc1. The van der Waals surface area contributed by atoms with E-state index in [0.29, 0.717) is 63.9 Å². The van der Waals surface area contributed by atoms with E-state index in [1.54, 1.807) is 12.3 Å². The summed E-state index contributed by atoms with van der Waals surface area (Å²) in [6, 6.07) is 13.2. The van der Waals surface area contributed by atoms with Gasteiger partial charge in [0, 0.05) is 48.2 Å². The Labute approximate surface area is 257 Å². The fourth-order valence-electron chi connectivity index (χ4n) is 3.43. The minimum absolute atomic E-state index is 0.0984. The number of guanidine groups is 2. The van der Waals surface area contributed by atoms with Crippen LogP contribution in [0.4, 0.5) is 11.4 Å². The van der Waals surface area contributed by atoms with Crippen LogP contribution in [0, 0.1) is 6.92 Å². The highest BCUT2D eigenvalue weighted by Gasteiger charge is 2.03. The van der Waals surface area contributed by atoms with Gasteiger partial charge in [-0.2, -0.15) is 4.99 Å². The van der Waals surface area contributed by atoms with Gasteiger partial charge in [0.05, 0.1) is 51.9 Å². The lowest BCUT2D eigenvalue weighted by molar-refractivity contribution is 0.0457. The summed E-state index contributed by atoms with van der Waals surface area (Å²) in [5, 5.41) is 7.68. The number of nitrogens with two attached hydrogens (primary N) is 4. The molecule has 0 aliphatic heterocycles. The minimum atomic E-state index is 0.0984. The van der Waals surface area contributed by atoms with Gasteiger partial charge in [0.2, 0.25) is 11.9 Å². The van der Waals surface area contributed by atoms with Crippen LogP contribution in [-0.2, 0) is 14.2 Å². The van der Waals surface area contributed by atoms with Gasteiger partial charge < -0.3 is 47.1 Å². The second kappa shape index (κ2) is 20.9. The van der Waals surface area contributed by atoms with Crippen LogP contribution in [-0.4, -0.2) is 89.5 Å². The molecule has 0 unspecified atom stereocenters. The van der Waals surface area contributed by atoms with Crippen molar-refractivity contribution in [1.82, 2.24) is 9.73 Å². The average Bonchev–Trinajstić information content (AvgIpc) is 2.99. The first kappa shape index (κ1) is 35.3. The van der Waals surface area contributed by atoms with Crippen LogP contribution in [0.2, 0.25) is 0 Å². The van der Waals surface area contributed by atoms with Crippen molar-refractivity contribution in [2.45, 2.75) is 11.8 Å². The van der Waals surface area contributed by atoms with E-state index < -0.39 is 0 Å². The Morgan fingerprint density at radius 2 is 1.70 bits per heavy atom. The van der Waals surface area contributed by atoms with E-state index in [2.05, 4.69) is 25.3 Å². The number of hydrogen-bond acceptors (Lipinski definition) is 11. The molecule has 0 saturated carbocycles. The molecule has 2 aromatic rings. The molecule has 0 atom stereocenters. The number of nitrogens with one attached hydrogen (secondary N) is 3. The number of nitrogens with zero attached hydrogens (tertiary/aromatic N) is 3. The zero-order chi connectivity index (χ0) is 31.3. The van der Waals surface area contributed by atoms with Crippen LogP contribution in [0.1, 0.15) is 15.9 Å². The van der Waals surface area contributed by atoms with Crippen molar-refractivity contribution in [2.24, 2.45) is 33.0 Å². The van der Waals surface area contributed by atoms with Crippen molar-refractivity contribution in [3.8, 4) is 0 Å². The Bertz CT molecular complexity index is 1190. The van der Waals surface area contributed by atoms with E-state index in [9.17, 15) is 4.79 Å². The summed E-state index contributed by atoms with van der Waals surface area (Å²) in [5.74, 6) is 6.22. The van der Waals surface area contributed by atoms with Gasteiger partial charge in [-0.1, -0.05) is 12.1 Å². The summed E-state index contributed by atoms with van der Waals surface area (Å²) >= 11 is 1.48. The smallest absolute Gasteiger partial charge is 0.218 e. The van der Waals surface area contributed by atoms with E-state index in [1.165, 1.54) is 24.0 Å². The summed E-state index contributed by atoms with van der Waals surface area (Å²) in [6.45, 7) is 6.25. The van der Waals surface area contributed by atoms with Crippen molar-refractivity contribution in [1.29, 1.82) is 0 Å². The number of aldehydes is 1. The maximum Gasteiger partial charge on any atom is 0.218 e. The monoisotopic (exact) mass is 616 g/mol. The molecule has 0 aliphatic rings. The Morgan fingerprint density at radius 3 is 2.42 bits per heavy atom. The van der Waals surface area contributed by atoms with Gasteiger partial charge in [0.25, 0.3) is 0 Å². The summed E-state index contributed by atoms with van der Waals surface area (Å²) < 4.78 is 20.0. The van der Waals surface area contributed by atoms with Gasteiger partial charge in [0.1, 0.15) is 6.29 Å². The number of rotatable bonds is 20. The van der Waals surface area contributed by atoms with Crippen LogP contribution < -0.4 is 38.4 Å². The minimum Gasteiger partial charge on any atom is -0.399 e. The molecule has 0 saturated heterocycles. The molecular weight excluding hydrogens is 572 g/mol. The van der Waals surface area contributed by atoms with Crippen molar-refractivity contribution >= 4 is 41.5 Å². The van der Waals surface area contributed by atoms with Gasteiger partial charge in [0.15, 0.2) is 0 Å². The standard InChI is InChI=1S/C28H44N10O4S/c1-21-22(19-39)4-3-5-26(21)34-10-13-40-16-17-41-15-12-38(32)18-23(29)20-42-14-11-35-43-25-8-6-24(7-9-25)36-28(31)37-27(30)33-2/h3-9,18-19,34-35H,10-17,20,29,32H2,1-2H3,(H5,30,31,33,36,37)/b23-18-. The van der Waals surface area contributed by atoms with E-state index in [1.807, 2.05) is 43.3 Å². The zero-order valence-electron chi connectivity index (χ0n) is 24.8. The van der Waals surface area contributed by atoms with Gasteiger partial charge in [-0.3, -0.25) is 14.5 Å². The summed E-state index contributed by atoms with van der Waals surface area (Å²) in [7, 11) is 1.54. The first-order valence-electron chi connectivity index (χ1n) is 13.6. The highest BCUT2D eigenvalue weighted by atomic mass is 32.2. The maximum absolute atomic E-state index is 11.0. The summed E-state index contributed by atoms with van der Waals surface area (Å²) in [5.41, 5.74) is 21.1. The molecule has 15 heteroatoms. The normalized spacial score (nSPS) is 12.3. The lowest BCUT2D eigenvalue weighted by Gasteiger charge is -2.15. The molecule has 2 rings (SSSR count). The third-order valence-corrected chi connectivity index (χ3v) is 6.52. The number of hydrogen-bond donors (Lipinski definition) is 7. The van der Waals surface area contributed by atoms with E-state index in [0.717, 1.165) is 28.1 Å². The fourth-order valence-corrected chi connectivity index (χ4v) is 4.06. The van der Waals surface area contributed by atoms with Crippen molar-refractivity contribution in [3.63, 3.8) is 0 Å². The molecule has 0 aliphatic carbocycles. The highest BCUT2D eigenvalue weighted by Crippen LogP contribution is 2.18. The van der Waals surface area contributed by atoms with Crippen LogP contribution >= 0.6 is 11.9 Å². The van der Waals surface area contributed by atoms with Gasteiger partial charge in [-0.05, 0) is 54.8 Å². The van der Waals surface area contributed by atoms with E-state index >= 15 is 0 Å². The topological polar surface area (TPSA) is 213 Å². The number of aliphatic imine (C=N–C) groups is 2. The zero-order valence-corrected chi connectivity index (χ0v) is 25.6. The Morgan fingerprint density at radius 1 is 0.977 bits per heavy atom. The predicted molar refractivity (Wildman–Crippen MR) is 174 cm³/mol. The molecular formula is C28H44N10O4S. The van der Waals surface area contributed by atoms with Crippen LogP contribution in [0.3, 0.4) is 0 Å². The third kappa shape index (κ3) is 15.3. The molecule has 0 spiro atoms. The number of carbonyl (C=O) groups excluding carboxylic acids is 1. The Hall–Kier alpha value is -3.86. The molecule has 11 N–H and O–H groups in total. The first-order valence-corrected chi connectivity index (χ1v) is 14.5. The van der Waals surface area contributed by atoms with Crippen molar-refractivity contribution in [2.75, 3.05) is 77.0 Å². The third-order valence-electron chi connectivity index (χ3n) is 5.66. The molecule has 0 amide bonds. The molecule has 0 bridgehead atoms. The molecule has 0 aromatic heterocycles. The molecule has 2 aromatic carbocycles. The number of benzene rings is 2. The number of hydrazine groups is 1. The Balaban J connectivity index is 1.46. The van der Waals surface area contributed by atoms with Gasteiger partial charge >= 0.3 is 0 Å². The fraction of sp³-hybridized carbons (Fsp3) is 0.393. The van der Waals surface area contributed by atoms with Gasteiger partial charge in [-0.25, -0.2) is 5.84 Å². The molecule has 43 heavy (non-hydrogen) atoms. The quantitative estimate of drug-likeness (QED) is 0.0212. The molecule has 0 radical (unpaired) electrons. The summed E-state index contributed by atoms with van der Waals surface area (Å²) in [6.07, 6.45) is 2.49. The first-order chi connectivity index (χ1) is 20.8. The highest BCUT2D eigenvalue weighted by molar-refractivity contribution is 7.97. The van der Waals surface area contributed by atoms with Crippen molar-refractivity contribution < 1.29 is 19.0 Å². The molecule has 0 fully saturated rings. The Kier molecular flexibility index (Phi) is 17.2. The van der Waals surface area contributed by atoms with Crippen molar-refractivity contribution in [3.05, 3.63) is 65.5 Å². The van der Waals surface area contributed by atoms with Gasteiger partial charge in [-0.15, -0.1) is 0 Å². The number of anilines is 2. The molecule has 0 heterocycles. The lowest BCUT2D eigenvalue weighted by Crippen LogP contribution is -2.31. The second-order valence-electron chi connectivity index (χ2n) is 9.01. The van der Waals surface area contributed by atoms with E-state index in [4.69, 9.17) is 37.3 Å². The predicted octanol–water partition coefficient (Wildman–Crippen LogP) is 1.21. The van der Waals surface area contributed by atoms with Crippen LogP contribution in [0.5, 0.6) is 0 Å². The van der Waals surface area contributed by atoms with Crippen LogP contribution in [0.25, 0.3) is 0 Å². The van der Waals surface area contributed by atoms with Crippen LogP contribution in [0.15, 0.2) is 69.2 Å². The van der Waals surface area contributed by atoms with E-state index in [-0.39, 0.29) is 18.5 Å². The maximum atomic E-state index is 11.0. The summed E-state index contributed by atoms with van der Waals surface area (Å²) in [4.78, 5) is 19.7. The largest absolute Gasteiger partial charge is 0.399 e. The molecule has 14 nitrogen and oxygen atoms in total. The number of carbonyl (C=O) groups is 1. The second-order valence-corrected chi connectivity index (χ2v) is 9.97.